The summed E-state index contributed by atoms with van der Waals surface area (Å²) in [6.07, 6.45) is 1.81. The van der Waals surface area contributed by atoms with Crippen LogP contribution in [0.3, 0.4) is 0 Å². The average Bonchev–Trinajstić information content (AvgIpc) is 3.06. The summed E-state index contributed by atoms with van der Waals surface area (Å²) < 4.78 is 2.61. The number of nitrogens with one attached hydrogen (secondary N) is 1. The molecule has 1 amide bonds. The molecule has 25 heavy (non-hydrogen) atoms. The van der Waals surface area contributed by atoms with Gasteiger partial charge in [0.1, 0.15) is 22.4 Å². The molecule has 0 bridgehead atoms. The molecule has 0 saturated heterocycles. The van der Waals surface area contributed by atoms with E-state index in [1.165, 1.54) is 11.3 Å². The number of imidazole rings is 1. The largest absolute Gasteiger partial charge is 0.311 e. The van der Waals surface area contributed by atoms with Crippen LogP contribution >= 0.6 is 27.3 Å². The van der Waals surface area contributed by atoms with Gasteiger partial charge in [0.15, 0.2) is 0 Å². The Labute approximate surface area is 158 Å². The number of hydrogen-bond donors (Lipinski definition) is 1. The quantitative estimate of drug-likeness (QED) is 0.646. The van der Waals surface area contributed by atoms with Gasteiger partial charge in [-0.3, -0.25) is 9.20 Å². The Morgan fingerprint density at radius 2 is 2.12 bits per heavy atom. The molecule has 0 radical (unpaired) electrons. The first-order valence-corrected chi connectivity index (χ1v) is 9.37. The number of anilines is 1. The van der Waals surface area contributed by atoms with Crippen molar-refractivity contribution in [1.29, 1.82) is 5.26 Å². The van der Waals surface area contributed by atoms with Crippen molar-refractivity contribution in [2.24, 2.45) is 0 Å². The van der Waals surface area contributed by atoms with Gasteiger partial charge in [-0.05, 0) is 51.3 Å². The molecule has 5 nitrogen and oxygen atoms in total. The topological polar surface area (TPSA) is 70.2 Å². The van der Waals surface area contributed by atoms with E-state index < -0.39 is 0 Å². The Morgan fingerprint density at radius 1 is 1.40 bits per heavy atom. The van der Waals surface area contributed by atoms with Gasteiger partial charge in [0.2, 0.25) is 0 Å². The third-order valence-electron chi connectivity index (χ3n) is 3.91. The van der Waals surface area contributed by atoms with Crippen LogP contribution in [0.4, 0.5) is 5.00 Å². The minimum absolute atomic E-state index is 0.158. The van der Waals surface area contributed by atoms with Gasteiger partial charge < -0.3 is 5.32 Å². The summed E-state index contributed by atoms with van der Waals surface area (Å²) in [7, 11) is 0. The van der Waals surface area contributed by atoms with Gasteiger partial charge in [-0.1, -0.05) is 20.8 Å². The maximum atomic E-state index is 12.9. The molecule has 0 aromatic carbocycles. The van der Waals surface area contributed by atoms with Crippen molar-refractivity contribution in [2.75, 3.05) is 5.32 Å². The van der Waals surface area contributed by atoms with Crippen LogP contribution in [0.5, 0.6) is 0 Å². The fourth-order valence-electron chi connectivity index (χ4n) is 2.69. The standard InChI is InChI=1S/C18H17BrN4OS/c1-10-15(23-8-11(19)5-6-14(23)21-10)16(24)22-17-12(7-20)13(9-25-17)18(2,3)4/h5-6,8-9H,1-4H3,(H,22,24). The molecule has 1 N–H and O–H groups in total. The number of aromatic nitrogens is 2. The number of nitriles is 1. The first-order valence-electron chi connectivity index (χ1n) is 7.70. The highest BCUT2D eigenvalue weighted by Gasteiger charge is 2.25. The van der Waals surface area contributed by atoms with Crippen molar-refractivity contribution < 1.29 is 4.79 Å². The van der Waals surface area contributed by atoms with Gasteiger partial charge in [-0.15, -0.1) is 11.3 Å². The van der Waals surface area contributed by atoms with E-state index in [-0.39, 0.29) is 11.3 Å². The van der Waals surface area contributed by atoms with E-state index in [1.807, 2.05) is 44.5 Å². The van der Waals surface area contributed by atoms with Crippen molar-refractivity contribution in [2.45, 2.75) is 33.1 Å². The van der Waals surface area contributed by atoms with Crippen molar-refractivity contribution in [3.63, 3.8) is 0 Å². The second-order valence-electron chi connectivity index (χ2n) is 6.79. The molecular formula is C18H17BrN4OS. The first kappa shape index (κ1) is 17.6. The average molecular weight is 417 g/mol. The Hall–Kier alpha value is -2.17. The SMILES string of the molecule is Cc1nc2ccc(Br)cn2c1C(=O)Nc1scc(C(C)(C)C)c1C#N. The van der Waals surface area contributed by atoms with Crippen molar-refractivity contribution in [1.82, 2.24) is 9.38 Å². The van der Waals surface area contributed by atoms with E-state index in [9.17, 15) is 10.1 Å². The molecule has 0 fully saturated rings. The van der Waals surface area contributed by atoms with Gasteiger partial charge in [0, 0.05) is 10.7 Å². The fraction of sp³-hybridized carbons (Fsp3) is 0.278. The normalized spacial score (nSPS) is 11.5. The van der Waals surface area contributed by atoms with Crippen molar-refractivity contribution in [3.05, 3.63) is 50.7 Å². The number of nitrogens with zero attached hydrogens (tertiary/aromatic N) is 3. The van der Waals surface area contributed by atoms with Crippen LogP contribution < -0.4 is 5.32 Å². The van der Waals surface area contributed by atoms with E-state index in [4.69, 9.17) is 0 Å². The molecule has 7 heteroatoms. The van der Waals surface area contributed by atoms with E-state index in [1.54, 1.807) is 11.3 Å². The summed E-state index contributed by atoms with van der Waals surface area (Å²) in [5, 5.41) is 14.9. The van der Waals surface area contributed by atoms with E-state index in [2.05, 4.69) is 32.3 Å². The van der Waals surface area contributed by atoms with E-state index in [0.717, 1.165) is 10.0 Å². The van der Waals surface area contributed by atoms with Crippen LogP contribution in [0.25, 0.3) is 5.65 Å². The zero-order valence-electron chi connectivity index (χ0n) is 14.3. The Balaban J connectivity index is 2.02. The van der Waals surface area contributed by atoms with Gasteiger partial charge in [-0.25, -0.2) is 4.98 Å². The highest BCUT2D eigenvalue weighted by Crippen LogP contribution is 2.35. The number of thiophene rings is 1. The molecule has 0 aliphatic rings. The smallest absolute Gasteiger partial charge is 0.275 e. The van der Waals surface area contributed by atoms with Crippen LogP contribution in [-0.4, -0.2) is 15.3 Å². The summed E-state index contributed by atoms with van der Waals surface area (Å²) in [6.45, 7) is 7.95. The number of amides is 1. The molecule has 3 aromatic heterocycles. The highest BCUT2D eigenvalue weighted by molar-refractivity contribution is 9.10. The van der Waals surface area contributed by atoms with Crippen LogP contribution in [0.15, 0.2) is 28.2 Å². The Kier molecular flexibility index (Phi) is 4.43. The molecule has 0 unspecified atom stereocenters. The maximum absolute atomic E-state index is 12.9. The molecule has 3 aromatic rings. The number of carbonyl (C=O) groups excluding carboxylic acids is 1. The van der Waals surface area contributed by atoms with E-state index in [0.29, 0.717) is 27.6 Å². The third kappa shape index (κ3) is 3.20. The molecule has 3 rings (SSSR count). The number of carbonyl (C=O) groups is 1. The van der Waals surface area contributed by atoms with E-state index >= 15 is 0 Å². The Bertz CT molecular complexity index is 1020. The molecule has 0 aliphatic heterocycles. The summed E-state index contributed by atoms with van der Waals surface area (Å²) in [5.74, 6) is -0.276. The second-order valence-corrected chi connectivity index (χ2v) is 8.59. The second kappa shape index (κ2) is 6.28. The van der Waals surface area contributed by atoms with Gasteiger partial charge in [0.25, 0.3) is 5.91 Å². The van der Waals surface area contributed by atoms with Crippen molar-refractivity contribution >= 4 is 43.8 Å². The lowest BCUT2D eigenvalue weighted by molar-refractivity contribution is 0.102. The summed E-state index contributed by atoms with van der Waals surface area (Å²) in [5.41, 5.74) is 3.11. The number of hydrogen-bond acceptors (Lipinski definition) is 4. The maximum Gasteiger partial charge on any atom is 0.275 e. The molecule has 0 saturated carbocycles. The molecule has 128 valence electrons. The predicted molar refractivity (Wildman–Crippen MR) is 103 cm³/mol. The minimum atomic E-state index is -0.276. The lowest BCUT2D eigenvalue weighted by atomic mass is 9.86. The molecular weight excluding hydrogens is 400 g/mol. The third-order valence-corrected chi connectivity index (χ3v) is 5.27. The number of pyridine rings is 1. The summed E-state index contributed by atoms with van der Waals surface area (Å²) in [4.78, 5) is 17.3. The lowest BCUT2D eigenvalue weighted by Crippen LogP contribution is -2.16. The van der Waals surface area contributed by atoms with Gasteiger partial charge in [-0.2, -0.15) is 5.26 Å². The predicted octanol–water partition coefficient (Wildman–Crippen LogP) is 4.89. The van der Waals surface area contributed by atoms with Gasteiger partial charge in [0.05, 0.1) is 11.3 Å². The molecule has 0 spiro atoms. The summed E-state index contributed by atoms with van der Waals surface area (Å²) >= 11 is 4.79. The van der Waals surface area contributed by atoms with Gasteiger partial charge >= 0.3 is 0 Å². The number of halogens is 1. The Morgan fingerprint density at radius 3 is 2.76 bits per heavy atom. The van der Waals surface area contributed by atoms with Crippen LogP contribution in [0.2, 0.25) is 0 Å². The number of rotatable bonds is 2. The monoisotopic (exact) mass is 416 g/mol. The number of fused-ring (bicyclic) bond motifs is 1. The lowest BCUT2D eigenvalue weighted by Gasteiger charge is -2.17. The summed E-state index contributed by atoms with van der Waals surface area (Å²) in [6, 6.07) is 5.95. The van der Waals surface area contributed by atoms with Crippen LogP contribution in [0, 0.1) is 18.3 Å². The minimum Gasteiger partial charge on any atom is -0.311 e. The fourth-order valence-corrected chi connectivity index (χ4v) is 4.15. The zero-order valence-corrected chi connectivity index (χ0v) is 16.7. The van der Waals surface area contributed by atoms with Crippen molar-refractivity contribution in [3.8, 4) is 6.07 Å². The van der Waals surface area contributed by atoms with Crippen LogP contribution in [-0.2, 0) is 5.41 Å². The molecule has 0 aliphatic carbocycles. The number of aryl methyl sites for hydroxylation is 1. The zero-order chi connectivity index (χ0) is 18.4. The van der Waals surface area contributed by atoms with Crippen LogP contribution in [0.1, 0.15) is 48.1 Å². The first-order chi connectivity index (χ1) is 11.7. The molecule has 3 heterocycles. The highest BCUT2D eigenvalue weighted by atomic mass is 79.9. The molecule has 0 atom stereocenters.